The first-order chi connectivity index (χ1) is 13.0. The van der Waals surface area contributed by atoms with Gasteiger partial charge in [-0.05, 0) is 37.1 Å². The van der Waals surface area contributed by atoms with Crippen LogP contribution < -0.4 is 10.6 Å². The van der Waals surface area contributed by atoms with Gasteiger partial charge in [-0.25, -0.2) is 9.38 Å². The van der Waals surface area contributed by atoms with Gasteiger partial charge in [-0.3, -0.25) is 4.79 Å². The number of rotatable bonds is 4. The van der Waals surface area contributed by atoms with Crippen LogP contribution in [0, 0.1) is 5.82 Å². The molecule has 28 heavy (non-hydrogen) atoms. The molecule has 1 aliphatic carbocycles. The Kier molecular flexibility index (Phi) is 8.78. The highest BCUT2D eigenvalue weighted by Crippen LogP contribution is 2.21. The maximum Gasteiger partial charge on any atom is 0.244 e. The highest BCUT2D eigenvalue weighted by molar-refractivity contribution is 14.0. The summed E-state index contributed by atoms with van der Waals surface area (Å²) < 4.78 is 13.1. The second-order valence-electron chi connectivity index (χ2n) is 7.42. The first-order valence-electron chi connectivity index (χ1n) is 9.85. The number of carbonyl (C=O) groups is 1. The SMILES string of the molecule is CN(C(=O)CN=C(N)N1CCN(c2ccc(F)cc2)CC1)C1CCCCC1.I. The van der Waals surface area contributed by atoms with E-state index in [-0.39, 0.29) is 42.2 Å². The summed E-state index contributed by atoms with van der Waals surface area (Å²) in [6.45, 7) is 3.16. The van der Waals surface area contributed by atoms with Gasteiger partial charge in [0.1, 0.15) is 12.4 Å². The second-order valence-corrected chi connectivity index (χ2v) is 7.42. The Labute approximate surface area is 184 Å². The number of hydrogen-bond acceptors (Lipinski definition) is 3. The van der Waals surface area contributed by atoms with E-state index >= 15 is 0 Å². The molecule has 0 radical (unpaired) electrons. The quantitative estimate of drug-likeness (QED) is 0.390. The van der Waals surface area contributed by atoms with Crippen LogP contribution in [0.5, 0.6) is 0 Å². The number of nitrogens with two attached hydrogens (primary N) is 1. The number of amides is 1. The van der Waals surface area contributed by atoms with Crippen LogP contribution in [0.4, 0.5) is 10.1 Å². The highest BCUT2D eigenvalue weighted by Gasteiger charge is 2.22. The molecule has 8 heteroatoms. The van der Waals surface area contributed by atoms with Crippen LogP contribution in [-0.4, -0.2) is 67.5 Å². The van der Waals surface area contributed by atoms with Crippen molar-refractivity contribution in [3.8, 4) is 0 Å². The Morgan fingerprint density at radius 2 is 1.75 bits per heavy atom. The lowest BCUT2D eigenvalue weighted by Gasteiger charge is -2.36. The zero-order valence-corrected chi connectivity index (χ0v) is 18.8. The van der Waals surface area contributed by atoms with Gasteiger partial charge >= 0.3 is 0 Å². The number of benzene rings is 1. The lowest BCUT2D eigenvalue weighted by atomic mass is 9.94. The van der Waals surface area contributed by atoms with Crippen LogP contribution >= 0.6 is 24.0 Å². The molecule has 0 atom stereocenters. The van der Waals surface area contributed by atoms with Crippen molar-refractivity contribution < 1.29 is 9.18 Å². The molecule has 1 saturated carbocycles. The van der Waals surface area contributed by atoms with Crippen molar-refractivity contribution in [1.29, 1.82) is 0 Å². The molecule has 1 heterocycles. The summed E-state index contributed by atoms with van der Waals surface area (Å²) in [5, 5.41) is 0. The van der Waals surface area contributed by atoms with E-state index in [1.165, 1.54) is 31.4 Å². The molecule has 6 nitrogen and oxygen atoms in total. The number of guanidine groups is 1. The maximum absolute atomic E-state index is 13.1. The van der Waals surface area contributed by atoms with Crippen molar-refractivity contribution in [1.82, 2.24) is 9.80 Å². The first kappa shape index (κ1) is 22.7. The van der Waals surface area contributed by atoms with Crippen molar-refractivity contribution in [3.05, 3.63) is 30.1 Å². The standard InChI is InChI=1S/C20H30FN5O.HI/c1-24(17-5-3-2-4-6-17)19(27)15-23-20(22)26-13-11-25(12-14-26)18-9-7-16(21)8-10-18;/h7-10,17H,2-6,11-15H2,1H3,(H2,22,23);1H. The van der Waals surface area contributed by atoms with E-state index in [1.807, 2.05) is 16.8 Å². The third-order valence-corrected chi connectivity index (χ3v) is 5.69. The van der Waals surface area contributed by atoms with E-state index in [0.717, 1.165) is 44.7 Å². The molecule has 1 aromatic carbocycles. The fourth-order valence-corrected chi connectivity index (χ4v) is 3.88. The van der Waals surface area contributed by atoms with E-state index in [4.69, 9.17) is 5.73 Å². The van der Waals surface area contributed by atoms with Gasteiger partial charge in [0.25, 0.3) is 0 Å². The number of hydrogen-bond donors (Lipinski definition) is 1. The largest absolute Gasteiger partial charge is 0.370 e. The molecule has 156 valence electrons. The molecule has 3 rings (SSSR count). The summed E-state index contributed by atoms with van der Waals surface area (Å²) in [6.07, 6.45) is 5.85. The van der Waals surface area contributed by atoms with Crippen molar-refractivity contribution in [2.24, 2.45) is 10.7 Å². The molecule has 1 saturated heterocycles. The highest BCUT2D eigenvalue weighted by atomic mass is 127. The van der Waals surface area contributed by atoms with E-state index in [2.05, 4.69) is 9.89 Å². The summed E-state index contributed by atoms with van der Waals surface area (Å²) in [4.78, 5) is 22.8. The topological polar surface area (TPSA) is 65.2 Å². The second kappa shape index (κ2) is 10.8. The predicted octanol–water partition coefficient (Wildman–Crippen LogP) is 2.67. The summed E-state index contributed by atoms with van der Waals surface area (Å²) in [5.74, 6) is 0.241. The van der Waals surface area contributed by atoms with E-state index in [0.29, 0.717) is 12.0 Å². The number of carbonyl (C=O) groups excluding carboxylic acids is 1. The van der Waals surface area contributed by atoms with Crippen molar-refractivity contribution >= 4 is 41.5 Å². The average molecular weight is 503 g/mol. The molecule has 2 aliphatic rings. The lowest BCUT2D eigenvalue weighted by molar-refractivity contribution is -0.130. The number of likely N-dealkylation sites (N-methyl/N-ethyl adjacent to an activating group) is 1. The van der Waals surface area contributed by atoms with Crippen LogP contribution in [0.2, 0.25) is 0 Å². The molecular weight excluding hydrogens is 472 g/mol. The van der Waals surface area contributed by atoms with Gasteiger partial charge in [-0.2, -0.15) is 0 Å². The number of aliphatic imine (C=N–C) groups is 1. The Morgan fingerprint density at radius 3 is 2.36 bits per heavy atom. The average Bonchev–Trinajstić information content (AvgIpc) is 2.72. The zero-order chi connectivity index (χ0) is 19.2. The molecule has 1 aliphatic heterocycles. The summed E-state index contributed by atoms with van der Waals surface area (Å²) in [5.41, 5.74) is 7.13. The van der Waals surface area contributed by atoms with Gasteiger partial charge in [0.2, 0.25) is 5.91 Å². The lowest BCUT2D eigenvalue weighted by Crippen LogP contribution is -2.51. The van der Waals surface area contributed by atoms with Gasteiger partial charge in [0.15, 0.2) is 5.96 Å². The predicted molar refractivity (Wildman–Crippen MR) is 122 cm³/mol. The minimum absolute atomic E-state index is 0. The minimum atomic E-state index is -0.225. The van der Waals surface area contributed by atoms with Crippen LogP contribution in [0.3, 0.4) is 0 Å². The molecule has 0 unspecified atom stereocenters. The fraction of sp³-hybridized carbons (Fsp3) is 0.600. The number of anilines is 1. The van der Waals surface area contributed by atoms with Crippen LogP contribution in [-0.2, 0) is 4.79 Å². The molecule has 0 aromatic heterocycles. The van der Waals surface area contributed by atoms with Crippen LogP contribution in [0.25, 0.3) is 0 Å². The summed E-state index contributed by atoms with van der Waals surface area (Å²) >= 11 is 0. The van der Waals surface area contributed by atoms with Crippen LogP contribution in [0.1, 0.15) is 32.1 Å². The van der Waals surface area contributed by atoms with Gasteiger partial charge in [-0.15, -0.1) is 24.0 Å². The Hall–Kier alpha value is -1.58. The molecule has 1 amide bonds. The Balaban J connectivity index is 0.00000280. The third-order valence-electron chi connectivity index (χ3n) is 5.69. The van der Waals surface area contributed by atoms with Crippen molar-refractivity contribution in [2.75, 3.05) is 44.7 Å². The Morgan fingerprint density at radius 1 is 1.14 bits per heavy atom. The molecule has 2 fully saturated rings. The van der Waals surface area contributed by atoms with Crippen molar-refractivity contribution in [2.45, 2.75) is 38.1 Å². The maximum atomic E-state index is 13.1. The summed E-state index contributed by atoms with van der Waals surface area (Å²) in [6, 6.07) is 6.89. The van der Waals surface area contributed by atoms with Gasteiger partial charge < -0.3 is 20.4 Å². The monoisotopic (exact) mass is 503 g/mol. The van der Waals surface area contributed by atoms with E-state index < -0.39 is 0 Å². The molecule has 1 aromatic rings. The van der Waals surface area contributed by atoms with E-state index in [9.17, 15) is 9.18 Å². The fourth-order valence-electron chi connectivity index (χ4n) is 3.88. The van der Waals surface area contributed by atoms with Crippen molar-refractivity contribution in [3.63, 3.8) is 0 Å². The van der Waals surface area contributed by atoms with E-state index in [1.54, 1.807) is 12.1 Å². The van der Waals surface area contributed by atoms with Gasteiger partial charge in [0.05, 0.1) is 0 Å². The Bertz CT molecular complexity index is 655. The first-order valence-corrected chi connectivity index (χ1v) is 9.85. The summed E-state index contributed by atoms with van der Waals surface area (Å²) in [7, 11) is 1.88. The minimum Gasteiger partial charge on any atom is -0.370 e. The van der Waals surface area contributed by atoms with Crippen LogP contribution in [0.15, 0.2) is 29.3 Å². The number of piperazine rings is 1. The number of halogens is 2. The van der Waals surface area contributed by atoms with Gasteiger partial charge in [-0.1, -0.05) is 19.3 Å². The number of nitrogens with zero attached hydrogens (tertiary/aromatic N) is 4. The third kappa shape index (κ3) is 5.96. The zero-order valence-electron chi connectivity index (χ0n) is 16.5. The normalized spacial score (nSPS) is 18.6. The molecular formula is C20H31FIN5O. The molecule has 0 bridgehead atoms. The van der Waals surface area contributed by atoms with Gasteiger partial charge in [0, 0.05) is 45.0 Å². The molecule has 2 N–H and O–H groups in total. The molecule has 0 spiro atoms. The smallest absolute Gasteiger partial charge is 0.244 e.